The largest absolute Gasteiger partial charge is 0.307 e. The molecule has 2 aliphatic rings. The number of carbonyl (C=O) groups is 3. The minimum absolute atomic E-state index is 0.161. The first-order chi connectivity index (χ1) is 13.1. The van der Waals surface area contributed by atoms with E-state index in [4.69, 9.17) is 0 Å². The van der Waals surface area contributed by atoms with Crippen LogP contribution in [0.4, 0.5) is 11.5 Å². The monoisotopic (exact) mass is 362 g/mol. The van der Waals surface area contributed by atoms with Crippen molar-refractivity contribution in [3.8, 4) is 0 Å². The van der Waals surface area contributed by atoms with Crippen molar-refractivity contribution in [1.29, 1.82) is 0 Å². The Morgan fingerprint density at radius 1 is 1.07 bits per heavy atom. The fraction of sp³-hybridized carbons (Fsp3) is 0.200. The molecule has 0 unspecified atom stereocenters. The smallest absolute Gasteiger partial charge is 0.256 e. The molecule has 136 valence electrons. The van der Waals surface area contributed by atoms with Gasteiger partial charge >= 0.3 is 0 Å². The van der Waals surface area contributed by atoms with E-state index in [0.29, 0.717) is 29.9 Å². The number of aromatic nitrogens is 1. The van der Waals surface area contributed by atoms with Crippen LogP contribution in [0.2, 0.25) is 0 Å². The Hall–Kier alpha value is -3.48. The fourth-order valence-corrected chi connectivity index (χ4v) is 3.39. The van der Waals surface area contributed by atoms with E-state index < -0.39 is 0 Å². The Morgan fingerprint density at radius 3 is 2.67 bits per heavy atom. The number of allylic oxidation sites excluding steroid dienone is 2. The normalized spacial score (nSPS) is 21.4. The van der Waals surface area contributed by atoms with Crippen molar-refractivity contribution in [2.45, 2.75) is 12.8 Å². The highest BCUT2D eigenvalue weighted by Gasteiger charge is 2.42. The molecule has 1 aromatic heterocycles. The summed E-state index contributed by atoms with van der Waals surface area (Å²) in [6.07, 6.45) is 6.58. The topological polar surface area (TPSA) is 91.4 Å². The first kappa shape index (κ1) is 17.0. The third-order valence-electron chi connectivity index (χ3n) is 4.80. The van der Waals surface area contributed by atoms with Gasteiger partial charge in [0, 0.05) is 11.8 Å². The predicted molar refractivity (Wildman–Crippen MR) is 99.6 cm³/mol. The lowest BCUT2D eigenvalue weighted by Gasteiger charge is -2.38. The second kappa shape index (κ2) is 7.03. The number of rotatable bonds is 3. The summed E-state index contributed by atoms with van der Waals surface area (Å²) in [6, 6.07) is 11.8. The minimum atomic E-state index is -0.366. The minimum Gasteiger partial charge on any atom is -0.307 e. The zero-order valence-electron chi connectivity index (χ0n) is 14.5. The van der Waals surface area contributed by atoms with E-state index in [1.807, 2.05) is 12.2 Å². The van der Waals surface area contributed by atoms with Crippen molar-refractivity contribution < 1.29 is 14.4 Å². The van der Waals surface area contributed by atoms with Gasteiger partial charge in [0.25, 0.3) is 5.91 Å². The molecule has 0 radical (unpaired) electrons. The second-order valence-electron chi connectivity index (χ2n) is 6.52. The zero-order valence-corrected chi connectivity index (χ0v) is 14.5. The van der Waals surface area contributed by atoms with Crippen LogP contribution >= 0.6 is 0 Å². The third-order valence-corrected chi connectivity index (χ3v) is 4.80. The highest BCUT2D eigenvalue weighted by molar-refractivity contribution is 6.07. The van der Waals surface area contributed by atoms with E-state index in [1.165, 1.54) is 5.01 Å². The lowest BCUT2D eigenvalue weighted by molar-refractivity contribution is -0.139. The molecule has 1 saturated heterocycles. The summed E-state index contributed by atoms with van der Waals surface area (Å²) in [5.41, 5.74) is 3.48. The number of hydrogen-bond donors (Lipinski definition) is 2. The van der Waals surface area contributed by atoms with Gasteiger partial charge in [-0.25, -0.2) is 9.99 Å². The number of carbonyl (C=O) groups excluding carboxylic acids is 3. The summed E-state index contributed by atoms with van der Waals surface area (Å²) in [7, 11) is 0. The molecule has 2 aromatic rings. The Bertz CT molecular complexity index is 926. The van der Waals surface area contributed by atoms with E-state index >= 15 is 0 Å². The molecular formula is C20H18N4O3. The van der Waals surface area contributed by atoms with E-state index in [9.17, 15) is 14.4 Å². The quantitative estimate of drug-likeness (QED) is 0.820. The Labute approximate surface area is 156 Å². The number of benzene rings is 1. The number of pyridine rings is 1. The van der Waals surface area contributed by atoms with Crippen molar-refractivity contribution in [3.05, 3.63) is 66.4 Å². The highest BCUT2D eigenvalue weighted by atomic mass is 16.2. The van der Waals surface area contributed by atoms with Gasteiger partial charge in [-0.15, -0.1) is 0 Å². The maximum Gasteiger partial charge on any atom is 0.256 e. The molecule has 0 bridgehead atoms. The molecule has 1 aliphatic carbocycles. The molecule has 1 fully saturated rings. The van der Waals surface area contributed by atoms with Gasteiger partial charge in [0.05, 0.1) is 17.5 Å². The molecule has 27 heavy (non-hydrogen) atoms. The van der Waals surface area contributed by atoms with Gasteiger partial charge in [0.2, 0.25) is 11.8 Å². The first-order valence-corrected chi connectivity index (χ1v) is 8.75. The van der Waals surface area contributed by atoms with Crippen LogP contribution in [-0.4, -0.2) is 22.7 Å². The molecule has 0 saturated carbocycles. The number of nitrogens with one attached hydrogen (secondary N) is 2. The molecule has 1 aromatic carbocycles. The summed E-state index contributed by atoms with van der Waals surface area (Å²) in [6.45, 7) is 0. The van der Waals surface area contributed by atoms with E-state index in [-0.39, 0.29) is 29.6 Å². The van der Waals surface area contributed by atoms with Gasteiger partial charge in [-0.05, 0) is 43.2 Å². The molecule has 2 atom stereocenters. The summed E-state index contributed by atoms with van der Waals surface area (Å²) in [5, 5.41) is 3.95. The molecule has 4 rings (SSSR count). The highest BCUT2D eigenvalue weighted by Crippen LogP contribution is 2.32. The summed E-state index contributed by atoms with van der Waals surface area (Å²) in [4.78, 5) is 41.8. The fourth-order valence-electron chi connectivity index (χ4n) is 3.39. The molecule has 7 heteroatoms. The van der Waals surface area contributed by atoms with Crippen LogP contribution in [-0.2, 0) is 9.59 Å². The molecule has 1 aliphatic heterocycles. The van der Waals surface area contributed by atoms with Crippen LogP contribution in [0.15, 0.2) is 60.8 Å². The van der Waals surface area contributed by atoms with Gasteiger partial charge in [0.1, 0.15) is 5.82 Å². The van der Waals surface area contributed by atoms with Crippen LogP contribution in [0.5, 0.6) is 0 Å². The Morgan fingerprint density at radius 2 is 1.89 bits per heavy atom. The van der Waals surface area contributed by atoms with E-state index in [1.54, 1.807) is 48.7 Å². The summed E-state index contributed by atoms with van der Waals surface area (Å²) >= 11 is 0. The van der Waals surface area contributed by atoms with Crippen LogP contribution in [0.3, 0.4) is 0 Å². The van der Waals surface area contributed by atoms with Gasteiger partial charge in [0.15, 0.2) is 0 Å². The number of fused-ring (bicyclic) bond motifs is 1. The lowest BCUT2D eigenvalue weighted by atomic mass is 9.80. The Kier molecular flexibility index (Phi) is 4.42. The van der Waals surface area contributed by atoms with Crippen molar-refractivity contribution in [2.75, 3.05) is 10.3 Å². The number of hydrazine groups is 1. The lowest BCUT2D eigenvalue weighted by Crippen LogP contribution is -2.59. The van der Waals surface area contributed by atoms with Crippen LogP contribution in [0.25, 0.3) is 0 Å². The molecule has 7 nitrogen and oxygen atoms in total. The summed E-state index contributed by atoms with van der Waals surface area (Å²) in [5.74, 6) is -0.931. The number of anilines is 2. The van der Waals surface area contributed by atoms with Crippen LogP contribution < -0.4 is 15.8 Å². The Balaban J connectivity index is 1.57. The van der Waals surface area contributed by atoms with Crippen molar-refractivity contribution >= 4 is 29.2 Å². The van der Waals surface area contributed by atoms with Crippen LogP contribution in [0, 0.1) is 11.8 Å². The predicted octanol–water partition coefficient (Wildman–Crippen LogP) is 2.29. The average molecular weight is 362 g/mol. The van der Waals surface area contributed by atoms with Crippen molar-refractivity contribution in [1.82, 2.24) is 10.4 Å². The SMILES string of the molecule is O=C(Nc1ccccn1)c1cccc(N2NC(=O)[C@H]3CC=CC[C@@H]3C2=O)c1. The number of nitrogens with zero attached hydrogens (tertiary/aromatic N) is 2. The van der Waals surface area contributed by atoms with Gasteiger partial charge in [-0.3, -0.25) is 19.8 Å². The maximum atomic E-state index is 12.8. The van der Waals surface area contributed by atoms with Gasteiger partial charge in [-0.2, -0.15) is 0 Å². The van der Waals surface area contributed by atoms with Crippen molar-refractivity contribution in [2.24, 2.45) is 11.8 Å². The molecule has 2 N–H and O–H groups in total. The average Bonchev–Trinajstić information content (AvgIpc) is 2.71. The maximum absolute atomic E-state index is 12.8. The molecule has 0 spiro atoms. The van der Waals surface area contributed by atoms with Gasteiger partial charge in [-0.1, -0.05) is 24.3 Å². The standard InChI is InChI=1S/C20H18N4O3/c25-18(22-17-10-3-4-11-21-17)13-6-5-7-14(12-13)24-20(27)16-9-2-1-8-15(16)19(26)23-24/h1-7,10-12,15-16H,8-9H2,(H,23,26)(H,21,22,25)/t15-,16-/m0/s1. The number of hydrogen-bond acceptors (Lipinski definition) is 4. The second-order valence-corrected chi connectivity index (χ2v) is 6.52. The molecule has 3 amide bonds. The van der Waals surface area contributed by atoms with Gasteiger partial charge < -0.3 is 5.32 Å². The van der Waals surface area contributed by atoms with Crippen LogP contribution in [0.1, 0.15) is 23.2 Å². The molecular weight excluding hydrogens is 344 g/mol. The third kappa shape index (κ3) is 3.31. The van der Waals surface area contributed by atoms with E-state index in [0.717, 1.165) is 0 Å². The summed E-state index contributed by atoms with van der Waals surface area (Å²) < 4.78 is 0. The van der Waals surface area contributed by atoms with Crippen molar-refractivity contribution in [3.63, 3.8) is 0 Å². The first-order valence-electron chi connectivity index (χ1n) is 8.75. The number of amides is 3. The van der Waals surface area contributed by atoms with E-state index in [2.05, 4.69) is 15.7 Å². The molecule has 2 heterocycles. The zero-order chi connectivity index (χ0) is 18.8.